The molecule has 3 aliphatic rings. The van der Waals surface area contributed by atoms with Crippen molar-refractivity contribution in [2.45, 2.75) is 25.8 Å². The number of nitrogens with zero attached hydrogens (tertiary/aromatic N) is 2. The second kappa shape index (κ2) is 6.72. The van der Waals surface area contributed by atoms with Gasteiger partial charge in [-0.05, 0) is 49.9 Å². The zero-order chi connectivity index (χ0) is 17.3. The van der Waals surface area contributed by atoms with Gasteiger partial charge < -0.3 is 10.2 Å². The second-order valence-electron chi connectivity index (χ2n) is 6.96. The summed E-state index contributed by atoms with van der Waals surface area (Å²) < 4.78 is 25.6. The maximum Gasteiger partial charge on any atom is 0.243 e. The second-order valence-corrected chi connectivity index (χ2v) is 8.86. The number of nitrogens with one attached hydrogen (secondary N) is 1. The first kappa shape index (κ1) is 17.2. The highest BCUT2D eigenvalue weighted by atomic mass is 32.2. The Bertz CT molecular complexity index is 698. The summed E-state index contributed by atoms with van der Waals surface area (Å²) in [6.07, 6.45) is 3.37. The minimum absolute atomic E-state index is 0.123. The fourth-order valence-corrected chi connectivity index (χ4v) is 4.39. The molecule has 3 aliphatic heterocycles. The van der Waals surface area contributed by atoms with Crippen molar-refractivity contribution in [3.8, 4) is 0 Å². The molecule has 1 aromatic rings. The molecule has 0 aromatic heterocycles. The molecular weight excluding hydrogens is 326 g/mol. The molecule has 1 N–H and O–H groups in total. The number of rotatable bonds is 4. The van der Waals surface area contributed by atoms with Crippen LogP contribution in [-0.4, -0.2) is 57.7 Å². The van der Waals surface area contributed by atoms with E-state index in [0.29, 0.717) is 30.7 Å². The first-order valence-corrected chi connectivity index (χ1v) is 10.2. The van der Waals surface area contributed by atoms with E-state index in [-0.39, 0.29) is 12.5 Å². The molecule has 1 amide bonds. The van der Waals surface area contributed by atoms with Crippen LogP contribution in [0.25, 0.3) is 0 Å². The van der Waals surface area contributed by atoms with E-state index in [1.165, 1.54) is 4.31 Å². The fourth-order valence-electron chi connectivity index (χ4n) is 3.55. The monoisotopic (exact) mass is 351 g/mol. The van der Waals surface area contributed by atoms with Gasteiger partial charge in [-0.3, -0.25) is 9.10 Å². The van der Waals surface area contributed by atoms with Crippen LogP contribution >= 0.6 is 0 Å². The maximum atomic E-state index is 12.8. The summed E-state index contributed by atoms with van der Waals surface area (Å²) in [7, 11) is -3.52. The number of benzene rings is 1. The predicted molar refractivity (Wildman–Crippen MR) is 94.5 cm³/mol. The molecule has 7 heteroatoms. The summed E-state index contributed by atoms with van der Waals surface area (Å²) in [5, 5.41) is 3.46. The average Bonchev–Trinajstić information content (AvgIpc) is 2.85. The predicted octanol–water partition coefficient (Wildman–Crippen LogP) is 0.971. The largest absolute Gasteiger partial charge is 0.339 e. The van der Waals surface area contributed by atoms with Gasteiger partial charge in [-0.25, -0.2) is 8.42 Å². The van der Waals surface area contributed by atoms with Gasteiger partial charge in [0.1, 0.15) is 6.54 Å². The number of aryl methyl sites for hydroxylation is 1. The Morgan fingerprint density at radius 3 is 2.75 bits per heavy atom. The Kier molecular flexibility index (Phi) is 4.83. The minimum Gasteiger partial charge on any atom is -0.339 e. The fraction of sp³-hybridized carbons (Fsp3) is 0.588. The first-order chi connectivity index (χ1) is 11.3. The van der Waals surface area contributed by atoms with Gasteiger partial charge in [-0.15, -0.1) is 0 Å². The molecule has 0 aliphatic carbocycles. The van der Waals surface area contributed by atoms with Crippen molar-refractivity contribution in [3.05, 3.63) is 29.8 Å². The molecule has 3 heterocycles. The Morgan fingerprint density at radius 1 is 1.33 bits per heavy atom. The third-order valence-corrected chi connectivity index (χ3v) is 6.00. The molecule has 0 radical (unpaired) electrons. The zero-order valence-corrected chi connectivity index (χ0v) is 15.1. The summed E-state index contributed by atoms with van der Waals surface area (Å²) in [5.74, 6) is 0.348. The van der Waals surface area contributed by atoms with Crippen molar-refractivity contribution in [3.63, 3.8) is 0 Å². The highest BCUT2D eigenvalue weighted by Gasteiger charge is 2.32. The highest BCUT2D eigenvalue weighted by molar-refractivity contribution is 7.92. The van der Waals surface area contributed by atoms with Crippen LogP contribution < -0.4 is 9.62 Å². The smallest absolute Gasteiger partial charge is 0.243 e. The van der Waals surface area contributed by atoms with Crippen LogP contribution in [0.3, 0.4) is 0 Å². The third kappa shape index (κ3) is 3.89. The number of amides is 1. The van der Waals surface area contributed by atoms with E-state index in [9.17, 15) is 13.2 Å². The summed E-state index contributed by atoms with van der Waals surface area (Å²) in [5.41, 5.74) is 1.51. The van der Waals surface area contributed by atoms with Gasteiger partial charge in [0.05, 0.1) is 11.9 Å². The Balaban J connectivity index is 1.79. The molecule has 6 nitrogen and oxygen atoms in total. The average molecular weight is 351 g/mol. The lowest BCUT2D eigenvalue weighted by Gasteiger charge is -2.27. The normalized spacial score (nSPS) is 23.8. The van der Waals surface area contributed by atoms with Crippen LogP contribution in [0.4, 0.5) is 5.69 Å². The van der Waals surface area contributed by atoms with Crippen LogP contribution in [0.15, 0.2) is 24.3 Å². The van der Waals surface area contributed by atoms with Gasteiger partial charge in [0, 0.05) is 19.1 Å². The summed E-state index contributed by atoms with van der Waals surface area (Å²) in [4.78, 5) is 14.6. The summed E-state index contributed by atoms with van der Waals surface area (Å²) in [6.45, 7) is 4.10. The third-order valence-electron chi connectivity index (χ3n) is 4.86. The summed E-state index contributed by atoms with van der Waals surface area (Å²) >= 11 is 0. The first-order valence-electron chi connectivity index (χ1n) is 8.38. The quantitative estimate of drug-likeness (QED) is 0.878. The minimum atomic E-state index is -3.52. The lowest BCUT2D eigenvalue weighted by atomic mass is 9.97. The Hall–Kier alpha value is -1.60. The molecule has 0 saturated carbocycles. The van der Waals surface area contributed by atoms with E-state index in [4.69, 9.17) is 0 Å². The number of carbonyl (C=O) groups is 1. The van der Waals surface area contributed by atoms with Gasteiger partial charge in [-0.2, -0.15) is 0 Å². The van der Waals surface area contributed by atoms with Crippen LogP contribution in [0.2, 0.25) is 0 Å². The van der Waals surface area contributed by atoms with E-state index in [2.05, 4.69) is 5.32 Å². The van der Waals surface area contributed by atoms with E-state index in [1.54, 1.807) is 12.1 Å². The standard InChI is InChI=1S/C17H25N3O3S/c1-13-4-3-5-16(8-13)20(24(2,22)23)12-17(21)19-10-14-6-7-15(11-19)18-9-14/h3-5,8,14-15,18H,6-7,9-12H2,1-2H3/t14-,15-/m0/s1. The number of carbonyl (C=O) groups excluding carboxylic acids is 1. The van der Waals surface area contributed by atoms with Gasteiger partial charge >= 0.3 is 0 Å². The highest BCUT2D eigenvalue weighted by Crippen LogP contribution is 2.23. The van der Waals surface area contributed by atoms with Crippen molar-refractivity contribution in [1.29, 1.82) is 0 Å². The number of fused-ring (bicyclic) bond motifs is 4. The molecule has 1 aromatic carbocycles. The van der Waals surface area contributed by atoms with Crippen LogP contribution in [-0.2, 0) is 14.8 Å². The van der Waals surface area contributed by atoms with Crippen LogP contribution in [0, 0.1) is 12.8 Å². The molecule has 2 atom stereocenters. The van der Waals surface area contributed by atoms with Gasteiger partial charge in [-0.1, -0.05) is 12.1 Å². The van der Waals surface area contributed by atoms with E-state index in [0.717, 1.165) is 31.2 Å². The molecule has 0 spiro atoms. The SMILES string of the molecule is Cc1cccc(N(CC(=O)N2C[C@H]3CC[C@@H](C2)NC3)S(C)(=O)=O)c1. The summed E-state index contributed by atoms with van der Waals surface area (Å²) in [6, 6.07) is 7.57. The molecule has 132 valence electrons. The van der Waals surface area contributed by atoms with Gasteiger partial charge in [0.2, 0.25) is 15.9 Å². The lowest BCUT2D eigenvalue weighted by molar-refractivity contribution is -0.129. The van der Waals surface area contributed by atoms with Gasteiger partial charge in [0.25, 0.3) is 0 Å². The molecular formula is C17H25N3O3S. The van der Waals surface area contributed by atoms with Crippen LogP contribution in [0.1, 0.15) is 18.4 Å². The van der Waals surface area contributed by atoms with Gasteiger partial charge in [0.15, 0.2) is 0 Å². The van der Waals surface area contributed by atoms with E-state index >= 15 is 0 Å². The molecule has 24 heavy (non-hydrogen) atoms. The molecule has 2 bridgehead atoms. The number of sulfonamides is 1. The maximum absolute atomic E-state index is 12.8. The van der Waals surface area contributed by atoms with Crippen molar-refractivity contribution in [2.24, 2.45) is 5.92 Å². The molecule has 3 saturated heterocycles. The van der Waals surface area contributed by atoms with E-state index < -0.39 is 10.0 Å². The van der Waals surface area contributed by atoms with Crippen molar-refractivity contribution >= 4 is 21.6 Å². The number of anilines is 1. The molecule has 0 unspecified atom stereocenters. The molecule has 3 fully saturated rings. The van der Waals surface area contributed by atoms with Crippen molar-refractivity contribution in [2.75, 3.05) is 36.7 Å². The lowest BCUT2D eigenvalue weighted by Crippen LogP contribution is -2.45. The Labute approximate surface area is 143 Å². The zero-order valence-electron chi connectivity index (χ0n) is 14.2. The van der Waals surface area contributed by atoms with Crippen LogP contribution in [0.5, 0.6) is 0 Å². The number of hydrogen-bond acceptors (Lipinski definition) is 4. The van der Waals surface area contributed by atoms with Crippen molar-refractivity contribution < 1.29 is 13.2 Å². The Morgan fingerprint density at radius 2 is 2.12 bits per heavy atom. The molecule has 4 rings (SSSR count). The number of piperidine rings is 1. The van der Waals surface area contributed by atoms with Crippen molar-refractivity contribution in [1.82, 2.24) is 10.2 Å². The van der Waals surface area contributed by atoms with E-state index in [1.807, 2.05) is 24.0 Å². The topological polar surface area (TPSA) is 69.7 Å². The number of hydrogen-bond donors (Lipinski definition) is 1.